The number of nitrogens with two attached hydrogens (primary N) is 1. The molecule has 0 aromatic heterocycles. The third-order valence-electron chi connectivity index (χ3n) is 4.34. The molecule has 116 valence electrons. The van der Waals surface area contributed by atoms with Crippen molar-refractivity contribution in [3.63, 3.8) is 0 Å². The highest BCUT2D eigenvalue weighted by Gasteiger charge is 2.24. The highest BCUT2D eigenvalue weighted by molar-refractivity contribution is 5.97. The van der Waals surface area contributed by atoms with Crippen molar-refractivity contribution in [2.24, 2.45) is 11.8 Å². The molecule has 4 nitrogen and oxygen atoms in total. The molecule has 0 saturated heterocycles. The number of aryl methyl sites for hydroxylation is 1. The highest BCUT2D eigenvalue weighted by atomic mass is 16.5. The fourth-order valence-electron chi connectivity index (χ4n) is 3.46. The van der Waals surface area contributed by atoms with E-state index in [2.05, 4.69) is 19.2 Å². The van der Waals surface area contributed by atoms with Gasteiger partial charge in [0.25, 0.3) is 0 Å². The van der Waals surface area contributed by atoms with Gasteiger partial charge < -0.3 is 15.8 Å². The van der Waals surface area contributed by atoms with Crippen LogP contribution in [-0.4, -0.2) is 19.1 Å². The van der Waals surface area contributed by atoms with Crippen molar-refractivity contribution in [2.75, 3.05) is 18.2 Å². The van der Waals surface area contributed by atoms with E-state index in [0.29, 0.717) is 17.3 Å². The number of carbonyl (C=O) groups is 1. The first-order valence-corrected chi connectivity index (χ1v) is 7.65. The molecule has 21 heavy (non-hydrogen) atoms. The standard InChI is InChI=1S/C17H26N2O2/c1-10-5-11(2)7-13(6-10)19-14-8-12(3)16(18)15(9-14)17(20)21-4/h8-11,13,19H,5-7,18H2,1-4H3. The summed E-state index contributed by atoms with van der Waals surface area (Å²) in [4.78, 5) is 11.8. The van der Waals surface area contributed by atoms with Gasteiger partial charge in [-0.05, 0) is 55.7 Å². The molecule has 4 heteroatoms. The van der Waals surface area contributed by atoms with E-state index in [1.54, 1.807) is 6.07 Å². The largest absolute Gasteiger partial charge is 0.465 e. The summed E-state index contributed by atoms with van der Waals surface area (Å²) in [5, 5.41) is 3.57. The Morgan fingerprint density at radius 3 is 2.43 bits per heavy atom. The Morgan fingerprint density at radius 1 is 1.24 bits per heavy atom. The molecule has 3 N–H and O–H groups in total. The first-order chi connectivity index (χ1) is 9.90. The topological polar surface area (TPSA) is 64.3 Å². The van der Waals surface area contributed by atoms with Crippen LogP contribution in [0.3, 0.4) is 0 Å². The second-order valence-corrected chi connectivity index (χ2v) is 6.50. The van der Waals surface area contributed by atoms with E-state index in [1.807, 2.05) is 13.0 Å². The summed E-state index contributed by atoms with van der Waals surface area (Å²) in [6, 6.07) is 4.27. The number of hydrogen-bond donors (Lipinski definition) is 2. The van der Waals surface area contributed by atoms with Gasteiger partial charge in [-0.3, -0.25) is 0 Å². The SMILES string of the molecule is COC(=O)c1cc(NC2CC(C)CC(C)C2)cc(C)c1N. The molecule has 0 heterocycles. The number of methoxy groups -OCH3 is 1. The number of nitrogen functional groups attached to an aromatic ring is 1. The lowest BCUT2D eigenvalue weighted by molar-refractivity contribution is 0.0602. The number of rotatable bonds is 3. The lowest BCUT2D eigenvalue weighted by Crippen LogP contribution is -2.30. The van der Waals surface area contributed by atoms with Crippen LogP contribution < -0.4 is 11.1 Å². The smallest absolute Gasteiger partial charge is 0.340 e. The Balaban J connectivity index is 2.20. The van der Waals surface area contributed by atoms with Gasteiger partial charge in [0.05, 0.1) is 12.7 Å². The molecule has 0 spiro atoms. The number of hydrogen-bond acceptors (Lipinski definition) is 4. The van der Waals surface area contributed by atoms with Crippen LogP contribution in [0.1, 0.15) is 49.0 Å². The number of nitrogens with one attached hydrogen (secondary N) is 1. The van der Waals surface area contributed by atoms with E-state index in [1.165, 1.54) is 26.4 Å². The Labute approximate surface area is 127 Å². The van der Waals surface area contributed by atoms with E-state index in [-0.39, 0.29) is 5.97 Å². The third kappa shape index (κ3) is 3.69. The summed E-state index contributed by atoms with van der Waals surface area (Å²) in [6.07, 6.45) is 3.63. The fourth-order valence-corrected chi connectivity index (χ4v) is 3.46. The summed E-state index contributed by atoms with van der Waals surface area (Å²) in [6.45, 7) is 6.52. The van der Waals surface area contributed by atoms with Gasteiger partial charge in [0, 0.05) is 17.4 Å². The average molecular weight is 290 g/mol. The highest BCUT2D eigenvalue weighted by Crippen LogP contribution is 2.31. The minimum atomic E-state index is -0.385. The maximum atomic E-state index is 11.8. The molecule has 0 bridgehead atoms. The second kappa shape index (κ2) is 6.37. The van der Waals surface area contributed by atoms with E-state index in [0.717, 1.165) is 23.1 Å². The maximum absolute atomic E-state index is 11.8. The Kier molecular flexibility index (Phi) is 4.76. The van der Waals surface area contributed by atoms with Crippen LogP contribution in [-0.2, 0) is 4.74 Å². The van der Waals surface area contributed by atoms with Gasteiger partial charge in [-0.25, -0.2) is 4.79 Å². The van der Waals surface area contributed by atoms with Crippen molar-refractivity contribution in [2.45, 2.75) is 46.1 Å². The van der Waals surface area contributed by atoms with Gasteiger partial charge in [-0.1, -0.05) is 13.8 Å². The molecular weight excluding hydrogens is 264 g/mol. The molecule has 1 fully saturated rings. The molecule has 2 atom stereocenters. The third-order valence-corrected chi connectivity index (χ3v) is 4.34. The summed E-state index contributed by atoms with van der Waals surface area (Å²) in [7, 11) is 1.38. The van der Waals surface area contributed by atoms with E-state index in [4.69, 9.17) is 10.5 Å². The Hall–Kier alpha value is -1.71. The van der Waals surface area contributed by atoms with Crippen LogP contribution in [0.15, 0.2) is 12.1 Å². The fraction of sp³-hybridized carbons (Fsp3) is 0.588. The lowest BCUT2D eigenvalue weighted by atomic mass is 9.80. The first-order valence-electron chi connectivity index (χ1n) is 7.65. The van der Waals surface area contributed by atoms with Crippen molar-refractivity contribution in [3.05, 3.63) is 23.3 Å². The zero-order valence-electron chi connectivity index (χ0n) is 13.4. The van der Waals surface area contributed by atoms with Crippen LogP contribution in [0.25, 0.3) is 0 Å². The zero-order chi connectivity index (χ0) is 15.6. The second-order valence-electron chi connectivity index (χ2n) is 6.50. The molecule has 2 rings (SSSR count). The minimum Gasteiger partial charge on any atom is -0.465 e. The number of anilines is 2. The molecule has 1 aliphatic rings. The predicted molar refractivity (Wildman–Crippen MR) is 86.5 cm³/mol. The van der Waals surface area contributed by atoms with Gasteiger partial charge in [-0.2, -0.15) is 0 Å². The lowest BCUT2D eigenvalue weighted by Gasteiger charge is -2.32. The number of ether oxygens (including phenoxy) is 1. The molecule has 1 aliphatic carbocycles. The summed E-state index contributed by atoms with van der Waals surface area (Å²) in [5.74, 6) is 1.09. The van der Waals surface area contributed by atoms with Crippen molar-refractivity contribution < 1.29 is 9.53 Å². The van der Waals surface area contributed by atoms with Crippen LogP contribution in [0.5, 0.6) is 0 Å². The maximum Gasteiger partial charge on any atom is 0.340 e. The number of esters is 1. The molecule has 0 amide bonds. The quantitative estimate of drug-likeness (QED) is 0.659. The van der Waals surface area contributed by atoms with Gasteiger partial charge in [0.15, 0.2) is 0 Å². The molecule has 1 saturated carbocycles. The van der Waals surface area contributed by atoms with Gasteiger partial charge in [0.2, 0.25) is 0 Å². The molecule has 0 aliphatic heterocycles. The van der Waals surface area contributed by atoms with Crippen molar-refractivity contribution in [1.82, 2.24) is 0 Å². The van der Waals surface area contributed by atoms with Crippen molar-refractivity contribution >= 4 is 17.3 Å². The zero-order valence-corrected chi connectivity index (χ0v) is 13.4. The molecule has 2 unspecified atom stereocenters. The van der Waals surface area contributed by atoms with Crippen LogP contribution in [0.4, 0.5) is 11.4 Å². The molecule has 1 aromatic rings. The molecule has 1 aromatic carbocycles. The van der Waals surface area contributed by atoms with Crippen molar-refractivity contribution in [1.29, 1.82) is 0 Å². The minimum absolute atomic E-state index is 0.385. The average Bonchev–Trinajstić information content (AvgIpc) is 2.40. The van der Waals surface area contributed by atoms with Crippen LogP contribution in [0.2, 0.25) is 0 Å². The molecule has 0 radical (unpaired) electrons. The van der Waals surface area contributed by atoms with Crippen molar-refractivity contribution in [3.8, 4) is 0 Å². The Bertz CT molecular complexity index is 518. The van der Waals surface area contributed by atoms with Gasteiger partial charge in [-0.15, -0.1) is 0 Å². The summed E-state index contributed by atoms with van der Waals surface area (Å²) < 4.78 is 4.80. The Morgan fingerprint density at radius 2 is 1.86 bits per heavy atom. The normalized spacial score (nSPS) is 25.4. The van der Waals surface area contributed by atoms with Gasteiger partial charge >= 0.3 is 5.97 Å². The van der Waals surface area contributed by atoms with Crippen LogP contribution >= 0.6 is 0 Å². The van der Waals surface area contributed by atoms with Gasteiger partial charge in [0.1, 0.15) is 0 Å². The monoisotopic (exact) mass is 290 g/mol. The summed E-state index contributed by atoms with van der Waals surface area (Å²) >= 11 is 0. The first kappa shape index (κ1) is 15.7. The number of carbonyl (C=O) groups excluding carboxylic acids is 1. The van der Waals surface area contributed by atoms with E-state index < -0.39 is 0 Å². The predicted octanol–water partition coefficient (Wildman–Crippen LogP) is 3.60. The van der Waals surface area contributed by atoms with Crippen LogP contribution in [0, 0.1) is 18.8 Å². The summed E-state index contributed by atoms with van der Waals surface area (Å²) in [5.41, 5.74) is 8.77. The number of benzene rings is 1. The van der Waals surface area contributed by atoms with E-state index in [9.17, 15) is 4.79 Å². The molecular formula is C17H26N2O2. The van der Waals surface area contributed by atoms with E-state index >= 15 is 0 Å².